The van der Waals surface area contributed by atoms with Crippen LogP contribution >= 0.6 is 24.1 Å². The van der Waals surface area contributed by atoms with Gasteiger partial charge in [-0.25, -0.2) is 0 Å². The van der Waals surface area contributed by atoms with Gasteiger partial charge in [-0.2, -0.15) is 11.8 Å². The van der Waals surface area contributed by atoms with Crippen molar-refractivity contribution >= 4 is 47.0 Å². The number of rotatable bonds is 20. The number of Topliss-reactive ketones (excluding diaryl/α,β-unsaturated/α-hetero) is 2. The Hall–Kier alpha value is -4.12. The molecular weight excluding hydrogens is 681 g/mol. The van der Waals surface area contributed by atoms with Crippen LogP contribution in [-0.4, -0.2) is 24.7 Å². The number of hydrogen-bond acceptors (Lipinski definition) is 14. The van der Waals surface area contributed by atoms with Gasteiger partial charge < -0.3 is 20.1 Å². The molecular formula is C36H44N4O8S2. The van der Waals surface area contributed by atoms with E-state index >= 15 is 0 Å². The molecule has 0 bridgehead atoms. The maximum absolute atomic E-state index is 11.8. The topological polar surface area (TPSA) is 166 Å². The van der Waals surface area contributed by atoms with E-state index in [-0.39, 0.29) is 11.6 Å². The van der Waals surface area contributed by atoms with E-state index in [1.54, 1.807) is 24.3 Å². The van der Waals surface area contributed by atoms with Gasteiger partial charge in [-0.05, 0) is 75.2 Å². The van der Waals surface area contributed by atoms with Crippen molar-refractivity contribution in [2.75, 3.05) is 23.7 Å². The van der Waals surface area contributed by atoms with E-state index in [2.05, 4.69) is 34.5 Å². The Bertz CT molecular complexity index is 1510. The molecule has 268 valence electrons. The van der Waals surface area contributed by atoms with E-state index in [1.165, 1.54) is 13.8 Å². The van der Waals surface area contributed by atoms with Gasteiger partial charge in [-0.1, -0.05) is 63.1 Å². The van der Waals surface area contributed by atoms with E-state index in [4.69, 9.17) is 29.9 Å². The number of unbranched alkanes of at least 4 members (excludes halogenated alkanes) is 2. The van der Waals surface area contributed by atoms with Crippen molar-refractivity contribution in [2.24, 2.45) is 11.8 Å². The largest absolute Gasteiger partial charge is 0.454 e. The van der Waals surface area contributed by atoms with Gasteiger partial charge in [0.25, 0.3) is 0 Å². The summed E-state index contributed by atoms with van der Waals surface area (Å²) in [6, 6.07) is 25.7. The van der Waals surface area contributed by atoms with Crippen molar-refractivity contribution in [1.82, 2.24) is 0 Å². The van der Waals surface area contributed by atoms with Crippen LogP contribution in [-0.2, 0) is 18.6 Å². The molecule has 0 atom stereocenters. The lowest BCUT2D eigenvalue weighted by atomic mass is 10.1. The summed E-state index contributed by atoms with van der Waals surface area (Å²) in [7, 11) is 0. The summed E-state index contributed by atoms with van der Waals surface area (Å²) < 4.78 is 21.6. The maximum Gasteiger partial charge on any atom is 0.166 e. The van der Waals surface area contributed by atoms with Crippen molar-refractivity contribution in [2.45, 2.75) is 63.2 Å². The number of benzene rings is 4. The van der Waals surface area contributed by atoms with Gasteiger partial charge in [0, 0.05) is 24.2 Å². The third-order valence-electron chi connectivity index (χ3n) is 6.87. The van der Waals surface area contributed by atoms with Crippen molar-refractivity contribution in [3.05, 3.63) is 96.1 Å². The number of carbonyl (C=O) groups is 2. The standard InChI is InChI=1S/2C18H22N2O4S/c2*1-3-4-10-20-16-11-14(13(2)21)12-17(25-24-23-19)18(16)22-15-8-6-5-7-9-15/h2*5-9,11-12,20H,3-4,10,19H2,1-2H3. The van der Waals surface area contributed by atoms with Crippen molar-refractivity contribution in [3.63, 3.8) is 0 Å². The van der Waals surface area contributed by atoms with E-state index in [1.807, 2.05) is 60.7 Å². The normalized spacial score (nSPS) is 10.5. The first-order valence-electron chi connectivity index (χ1n) is 16.0. The van der Waals surface area contributed by atoms with E-state index in [0.29, 0.717) is 55.3 Å². The first-order valence-corrected chi connectivity index (χ1v) is 17.5. The number of nitrogens with two attached hydrogens (primary N) is 2. The quantitative estimate of drug-likeness (QED) is 0.0224. The van der Waals surface area contributed by atoms with Crippen molar-refractivity contribution < 1.29 is 37.7 Å². The van der Waals surface area contributed by atoms with Crippen LogP contribution in [0.15, 0.2) is 94.7 Å². The molecule has 12 nitrogen and oxygen atoms in total. The second-order valence-electron chi connectivity index (χ2n) is 10.7. The van der Waals surface area contributed by atoms with Gasteiger partial charge in [0.05, 0.1) is 45.3 Å². The minimum atomic E-state index is -0.0553. The molecule has 0 amide bonds. The van der Waals surface area contributed by atoms with Crippen molar-refractivity contribution in [1.29, 1.82) is 0 Å². The van der Waals surface area contributed by atoms with Crippen LogP contribution < -0.4 is 31.9 Å². The second-order valence-corrected chi connectivity index (χ2v) is 12.2. The van der Waals surface area contributed by atoms with Gasteiger partial charge in [0.15, 0.2) is 23.1 Å². The summed E-state index contributed by atoms with van der Waals surface area (Å²) in [5.41, 5.74) is 2.52. The number of nitrogens with one attached hydrogen (secondary N) is 2. The first kappa shape index (κ1) is 40.3. The van der Waals surface area contributed by atoms with E-state index in [9.17, 15) is 9.59 Å². The van der Waals surface area contributed by atoms with Gasteiger partial charge >= 0.3 is 0 Å². The summed E-state index contributed by atoms with van der Waals surface area (Å²) >= 11 is 1.77. The SMILES string of the molecule is CCCCNc1cc(C(C)=O)cc(SOON)c1Oc1ccccc1.CCCCNc1cc(C(C)=O)cc(SOON)c1Oc1ccccc1. The number of para-hydroxylation sites is 2. The van der Waals surface area contributed by atoms with Crippen LogP contribution in [0, 0.1) is 0 Å². The van der Waals surface area contributed by atoms with Crippen LogP contribution in [0.3, 0.4) is 0 Å². The molecule has 0 heterocycles. The number of anilines is 2. The van der Waals surface area contributed by atoms with Crippen LogP contribution in [0.4, 0.5) is 11.4 Å². The maximum atomic E-state index is 11.8. The molecule has 6 N–H and O–H groups in total. The van der Waals surface area contributed by atoms with Gasteiger partial charge in [0.2, 0.25) is 0 Å². The Morgan fingerprint density at radius 3 is 1.32 bits per heavy atom. The predicted octanol–water partition coefficient (Wildman–Crippen LogP) is 9.45. The first-order chi connectivity index (χ1) is 24.3. The Morgan fingerprint density at radius 2 is 1.00 bits per heavy atom. The zero-order chi connectivity index (χ0) is 36.1. The fraction of sp³-hybridized carbons (Fsp3) is 0.278. The van der Waals surface area contributed by atoms with Crippen LogP contribution in [0.5, 0.6) is 23.0 Å². The van der Waals surface area contributed by atoms with Crippen LogP contribution in [0.2, 0.25) is 0 Å². The van der Waals surface area contributed by atoms with Gasteiger partial charge in [-0.15, -0.1) is 18.6 Å². The number of carbonyl (C=O) groups excluding carboxylic acids is 2. The molecule has 4 rings (SSSR count). The molecule has 0 aliphatic rings. The number of hydrogen-bond donors (Lipinski definition) is 4. The van der Waals surface area contributed by atoms with Crippen LogP contribution in [0.1, 0.15) is 74.1 Å². The molecule has 0 spiro atoms. The Labute approximate surface area is 301 Å². The fourth-order valence-corrected chi connectivity index (χ4v) is 5.36. The molecule has 14 heteroatoms. The molecule has 0 aromatic heterocycles. The number of ether oxygens (including phenoxy) is 2. The minimum Gasteiger partial charge on any atom is -0.454 e. The monoisotopic (exact) mass is 724 g/mol. The summed E-state index contributed by atoms with van der Waals surface area (Å²) in [6.45, 7) is 8.78. The summed E-state index contributed by atoms with van der Waals surface area (Å²) in [5.74, 6) is 12.2. The smallest absolute Gasteiger partial charge is 0.166 e. The van der Waals surface area contributed by atoms with Crippen LogP contribution in [0.25, 0.3) is 0 Å². The lowest BCUT2D eigenvalue weighted by molar-refractivity contribution is -0.195. The molecule has 0 radical (unpaired) electrons. The molecule has 0 aliphatic carbocycles. The predicted molar refractivity (Wildman–Crippen MR) is 197 cm³/mol. The average Bonchev–Trinajstić information content (AvgIpc) is 3.12. The molecule has 0 saturated carbocycles. The lowest BCUT2D eigenvalue weighted by Crippen LogP contribution is -2.06. The highest BCUT2D eigenvalue weighted by atomic mass is 32.2. The second kappa shape index (κ2) is 22.6. The third-order valence-corrected chi connectivity index (χ3v) is 8.13. The molecule has 50 heavy (non-hydrogen) atoms. The molecule has 0 saturated heterocycles. The summed E-state index contributed by atoms with van der Waals surface area (Å²) in [4.78, 5) is 33.2. The molecule has 0 unspecified atom stereocenters. The summed E-state index contributed by atoms with van der Waals surface area (Å²) in [6.07, 6.45) is 4.11. The van der Waals surface area contributed by atoms with E-state index < -0.39 is 0 Å². The molecule has 4 aromatic rings. The van der Waals surface area contributed by atoms with Gasteiger partial charge in [0.1, 0.15) is 11.5 Å². The average molecular weight is 725 g/mol. The zero-order valence-electron chi connectivity index (χ0n) is 28.6. The Balaban J connectivity index is 0.000000270. The van der Waals surface area contributed by atoms with Gasteiger partial charge in [-0.3, -0.25) is 9.59 Å². The molecule has 0 fully saturated rings. The fourth-order valence-electron chi connectivity index (χ4n) is 4.33. The van der Waals surface area contributed by atoms with E-state index in [0.717, 1.165) is 62.9 Å². The Morgan fingerprint density at radius 1 is 0.620 bits per heavy atom. The summed E-state index contributed by atoms with van der Waals surface area (Å²) in [5, 5.41) is 6.66. The lowest BCUT2D eigenvalue weighted by Gasteiger charge is -2.17. The highest BCUT2D eigenvalue weighted by Gasteiger charge is 2.19. The highest BCUT2D eigenvalue weighted by Crippen LogP contribution is 2.42. The third kappa shape index (κ3) is 13.3. The highest BCUT2D eigenvalue weighted by molar-refractivity contribution is 7.95. The number of ketones is 2. The van der Waals surface area contributed by atoms with Crippen molar-refractivity contribution in [3.8, 4) is 23.0 Å². The Kier molecular flexibility index (Phi) is 18.2. The zero-order valence-corrected chi connectivity index (χ0v) is 30.2. The molecule has 4 aromatic carbocycles. The minimum absolute atomic E-state index is 0.0553. The molecule has 0 aliphatic heterocycles.